The van der Waals surface area contributed by atoms with Crippen molar-refractivity contribution in [3.63, 3.8) is 0 Å². The Labute approximate surface area is 166 Å². The second kappa shape index (κ2) is 7.72. The van der Waals surface area contributed by atoms with Gasteiger partial charge in [-0.3, -0.25) is 9.98 Å². The van der Waals surface area contributed by atoms with E-state index in [9.17, 15) is 0 Å². The number of rotatable bonds is 4. The molecule has 2 aromatic rings. The average molecular weight is 448 g/mol. The molecular formula is C20H25IN4. The van der Waals surface area contributed by atoms with Crippen LogP contribution < -0.4 is 11.1 Å². The van der Waals surface area contributed by atoms with E-state index in [1.165, 1.54) is 36.8 Å². The van der Waals surface area contributed by atoms with Crippen LogP contribution in [0.5, 0.6) is 0 Å². The molecule has 0 saturated heterocycles. The van der Waals surface area contributed by atoms with Crippen molar-refractivity contribution in [3.05, 3.63) is 59.4 Å². The van der Waals surface area contributed by atoms with Gasteiger partial charge in [-0.1, -0.05) is 18.6 Å². The average Bonchev–Trinajstić information content (AvgIpc) is 3.02. The van der Waals surface area contributed by atoms with Crippen molar-refractivity contribution >= 4 is 35.6 Å². The Kier molecular flexibility index (Phi) is 5.61. The lowest BCUT2D eigenvalue weighted by molar-refractivity contribution is 0.246. The third kappa shape index (κ3) is 3.81. The number of anilines is 1. The van der Waals surface area contributed by atoms with E-state index in [0.717, 1.165) is 24.2 Å². The molecular weight excluding hydrogens is 423 g/mol. The van der Waals surface area contributed by atoms with Crippen LogP contribution in [0.1, 0.15) is 42.5 Å². The standard InChI is InChI=1S/C20H24N4.HI/c21-19(24-17-9-8-15-5-3-6-16(15)13-17)23-14-20(10-4-11-20)18-7-1-2-12-22-18;/h1-2,7-9,12-13H,3-6,10-11,14H2,(H3,21,23,24);1H. The molecule has 0 bridgehead atoms. The number of fused-ring (bicyclic) bond motifs is 1. The second-order valence-corrected chi connectivity index (χ2v) is 7.01. The first-order valence-corrected chi connectivity index (χ1v) is 8.85. The van der Waals surface area contributed by atoms with Crippen LogP contribution in [0, 0.1) is 0 Å². The van der Waals surface area contributed by atoms with Crippen molar-refractivity contribution in [2.75, 3.05) is 11.9 Å². The van der Waals surface area contributed by atoms with Gasteiger partial charge in [0.15, 0.2) is 5.96 Å². The number of aliphatic imine (C=N–C) groups is 1. The zero-order valence-electron chi connectivity index (χ0n) is 14.4. The molecule has 1 saturated carbocycles. The molecule has 0 aliphatic heterocycles. The molecule has 5 heteroatoms. The quantitative estimate of drug-likeness (QED) is 0.422. The zero-order chi connectivity index (χ0) is 16.4. The van der Waals surface area contributed by atoms with Crippen LogP contribution in [0.2, 0.25) is 0 Å². The van der Waals surface area contributed by atoms with Crippen LogP contribution >= 0.6 is 24.0 Å². The van der Waals surface area contributed by atoms with E-state index < -0.39 is 0 Å². The van der Waals surface area contributed by atoms with Gasteiger partial charge in [-0.15, -0.1) is 24.0 Å². The Bertz CT molecular complexity index is 754. The first-order chi connectivity index (χ1) is 11.8. The maximum atomic E-state index is 6.13. The van der Waals surface area contributed by atoms with Crippen LogP contribution in [-0.4, -0.2) is 17.5 Å². The molecule has 0 spiro atoms. The summed E-state index contributed by atoms with van der Waals surface area (Å²) in [4.78, 5) is 9.17. The molecule has 4 nitrogen and oxygen atoms in total. The van der Waals surface area contributed by atoms with Crippen molar-refractivity contribution in [1.82, 2.24) is 4.98 Å². The molecule has 1 fully saturated rings. The van der Waals surface area contributed by atoms with Crippen LogP contribution in [0.25, 0.3) is 0 Å². The summed E-state index contributed by atoms with van der Waals surface area (Å²) in [6.07, 6.45) is 9.01. The number of aryl methyl sites for hydroxylation is 2. The number of hydrogen-bond acceptors (Lipinski definition) is 2. The van der Waals surface area contributed by atoms with Gasteiger partial charge in [-0.25, -0.2) is 0 Å². The summed E-state index contributed by atoms with van der Waals surface area (Å²) in [5.41, 5.74) is 11.3. The van der Waals surface area contributed by atoms with Gasteiger partial charge in [0.2, 0.25) is 0 Å². The van der Waals surface area contributed by atoms with Crippen LogP contribution in [-0.2, 0) is 18.3 Å². The molecule has 0 atom stereocenters. The molecule has 1 heterocycles. The first-order valence-electron chi connectivity index (χ1n) is 8.85. The van der Waals surface area contributed by atoms with Gasteiger partial charge in [-0.05, 0) is 67.5 Å². The number of halogens is 1. The normalized spacial score (nSPS) is 18.0. The Hall–Kier alpha value is -1.63. The van der Waals surface area contributed by atoms with Crippen molar-refractivity contribution in [3.8, 4) is 0 Å². The number of pyridine rings is 1. The predicted octanol–water partition coefficient (Wildman–Crippen LogP) is 4.04. The molecule has 2 aliphatic rings. The van der Waals surface area contributed by atoms with E-state index >= 15 is 0 Å². The van der Waals surface area contributed by atoms with Gasteiger partial charge in [0, 0.05) is 23.0 Å². The van der Waals surface area contributed by atoms with Gasteiger partial charge in [0.1, 0.15) is 0 Å². The van der Waals surface area contributed by atoms with Crippen molar-refractivity contribution < 1.29 is 0 Å². The maximum absolute atomic E-state index is 6.13. The van der Waals surface area contributed by atoms with Gasteiger partial charge in [0.05, 0.1) is 6.54 Å². The second-order valence-electron chi connectivity index (χ2n) is 7.01. The lowest BCUT2D eigenvalue weighted by Crippen LogP contribution is -2.39. The molecule has 2 aliphatic carbocycles. The molecule has 1 aromatic carbocycles. The van der Waals surface area contributed by atoms with Gasteiger partial charge >= 0.3 is 0 Å². The van der Waals surface area contributed by atoms with E-state index in [1.807, 2.05) is 12.3 Å². The van der Waals surface area contributed by atoms with Crippen molar-refractivity contribution in [2.24, 2.45) is 10.7 Å². The number of nitrogens with two attached hydrogens (primary N) is 1. The predicted molar refractivity (Wildman–Crippen MR) is 114 cm³/mol. The van der Waals surface area contributed by atoms with Crippen LogP contribution in [0.3, 0.4) is 0 Å². The van der Waals surface area contributed by atoms with E-state index in [2.05, 4.69) is 45.6 Å². The summed E-state index contributed by atoms with van der Waals surface area (Å²) >= 11 is 0. The third-order valence-corrected chi connectivity index (χ3v) is 5.44. The minimum absolute atomic E-state index is 0. The molecule has 0 unspecified atom stereocenters. The van der Waals surface area contributed by atoms with E-state index in [1.54, 1.807) is 0 Å². The number of nitrogens with one attached hydrogen (secondary N) is 1. The molecule has 4 rings (SSSR count). The summed E-state index contributed by atoms with van der Waals surface area (Å²) in [5.74, 6) is 0.496. The number of aromatic nitrogens is 1. The number of benzene rings is 1. The Morgan fingerprint density at radius 3 is 2.68 bits per heavy atom. The topological polar surface area (TPSA) is 63.3 Å². The fourth-order valence-electron chi connectivity index (χ4n) is 3.85. The van der Waals surface area contributed by atoms with Gasteiger partial charge in [0.25, 0.3) is 0 Å². The van der Waals surface area contributed by atoms with Gasteiger partial charge in [-0.2, -0.15) is 0 Å². The smallest absolute Gasteiger partial charge is 0.193 e. The monoisotopic (exact) mass is 448 g/mol. The van der Waals surface area contributed by atoms with Crippen molar-refractivity contribution in [2.45, 2.75) is 43.9 Å². The van der Waals surface area contributed by atoms with Crippen LogP contribution in [0.15, 0.2) is 47.6 Å². The lowest BCUT2D eigenvalue weighted by Gasteiger charge is -2.40. The molecule has 25 heavy (non-hydrogen) atoms. The molecule has 0 radical (unpaired) electrons. The molecule has 132 valence electrons. The summed E-state index contributed by atoms with van der Waals surface area (Å²) in [6.45, 7) is 0.702. The highest BCUT2D eigenvalue weighted by Crippen LogP contribution is 2.43. The van der Waals surface area contributed by atoms with Crippen molar-refractivity contribution in [1.29, 1.82) is 0 Å². The highest BCUT2D eigenvalue weighted by atomic mass is 127. The first kappa shape index (κ1) is 18.2. The van der Waals surface area contributed by atoms with E-state index in [0.29, 0.717) is 12.5 Å². The molecule has 0 amide bonds. The van der Waals surface area contributed by atoms with Gasteiger partial charge < -0.3 is 11.1 Å². The third-order valence-electron chi connectivity index (χ3n) is 5.44. The zero-order valence-corrected chi connectivity index (χ0v) is 16.7. The SMILES string of the molecule is I.NC(=NCC1(c2ccccn2)CCC1)Nc1ccc2c(c1)CCC2. The summed E-state index contributed by atoms with van der Waals surface area (Å²) < 4.78 is 0. The highest BCUT2D eigenvalue weighted by Gasteiger charge is 2.39. The maximum Gasteiger partial charge on any atom is 0.193 e. The van der Waals surface area contributed by atoms with E-state index in [4.69, 9.17) is 5.73 Å². The number of guanidine groups is 1. The lowest BCUT2D eigenvalue weighted by atomic mass is 9.66. The minimum atomic E-state index is 0. The Morgan fingerprint density at radius 2 is 1.96 bits per heavy atom. The number of nitrogens with zero attached hydrogens (tertiary/aromatic N) is 2. The Balaban J connectivity index is 0.00000182. The highest BCUT2D eigenvalue weighted by molar-refractivity contribution is 14.0. The van der Waals surface area contributed by atoms with Crippen LogP contribution in [0.4, 0.5) is 5.69 Å². The summed E-state index contributed by atoms with van der Waals surface area (Å²) in [7, 11) is 0. The summed E-state index contributed by atoms with van der Waals surface area (Å²) in [5, 5.41) is 3.25. The largest absolute Gasteiger partial charge is 0.370 e. The number of hydrogen-bond donors (Lipinski definition) is 2. The molecule has 1 aromatic heterocycles. The summed E-state index contributed by atoms with van der Waals surface area (Å²) in [6, 6.07) is 12.6. The molecule has 3 N–H and O–H groups in total. The fourth-order valence-corrected chi connectivity index (χ4v) is 3.85. The van der Waals surface area contributed by atoms with E-state index in [-0.39, 0.29) is 29.4 Å². The fraction of sp³-hybridized carbons (Fsp3) is 0.400. The Morgan fingerprint density at radius 1 is 1.12 bits per heavy atom. The minimum Gasteiger partial charge on any atom is -0.370 e.